The van der Waals surface area contributed by atoms with Crippen molar-refractivity contribution in [2.75, 3.05) is 31.8 Å². The van der Waals surface area contributed by atoms with E-state index in [1.54, 1.807) is 19.2 Å². The van der Waals surface area contributed by atoms with Crippen LogP contribution in [0.25, 0.3) is 0 Å². The predicted octanol–water partition coefficient (Wildman–Crippen LogP) is 1.40. The number of sulfonamides is 1. The second-order valence-corrected chi connectivity index (χ2v) is 6.40. The average molecular weight is 301 g/mol. The molecule has 0 bridgehead atoms. The van der Waals surface area contributed by atoms with E-state index in [2.05, 4.69) is 17.0 Å². The number of rotatable bonds is 8. The highest BCUT2D eigenvalue weighted by molar-refractivity contribution is 7.89. The van der Waals surface area contributed by atoms with E-state index in [4.69, 9.17) is 10.5 Å². The van der Waals surface area contributed by atoms with Gasteiger partial charge >= 0.3 is 0 Å². The number of methoxy groups -OCH3 is 1. The van der Waals surface area contributed by atoms with Crippen LogP contribution in [0.15, 0.2) is 23.1 Å². The molecular weight excluding hydrogens is 278 g/mol. The molecule has 0 aliphatic rings. The fourth-order valence-electron chi connectivity index (χ4n) is 1.98. The van der Waals surface area contributed by atoms with E-state index in [1.807, 2.05) is 0 Å². The molecule has 0 saturated carbocycles. The van der Waals surface area contributed by atoms with Crippen molar-refractivity contribution in [3.8, 4) is 0 Å². The van der Waals surface area contributed by atoms with Crippen molar-refractivity contribution in [1.29, 1.82) is 0 Å². The molecule has 0 amide bonds. The molecule has 0 fully saturated rings. The first-order valence-corrected chi connectivity index (χ1v) is 8.01. The second kappa shape index (κ2) is 7.47. The summed E-state index contributed by atoms with van der Waals surface area (Å²) in [4.78, 5) is 0.0873. The van der Waals surface area contributed by atoms with Gasteiger partial charge in [0.05, 0.1) is 12.3 Å². The summed E-state index contributed by atoms with van der Waals surface area (Å²) in [5.74, 6) is 0. The van der Waals surface area contributed by atoms with Gasteiger partial charge < -0.3 is 15.8 Å². The van der Waals surface area contributed by atoms with Gasteiger partial charge in [-0.05, 0) is 31.7 Å². The first kappa shape index (κ1) is 16.7. The maximum absolute atomic E-state index is 11.7. The number of hydrogen-bond acceptors (Lipinski definition) is 5. The first-order valence-electron chi connectivity index (χ1n) is 6.53. The quantitative estimate of drug-likeness (QED) is 0.631. The largest absolute Gasteiger partial charge is 0.398 e. The molecule has 1 aromatic rings. The predicted molar refractivity (Wildman–Crippen MR) is 81.3 cm³/mol. The number of hydrogen-bond donors (Lipinski definition) is 3. The third-order valence-corrected chi connectivity index (χ3v) is 4.43. The monoisotopic (exact) mass is 301 g/mol. The highest BCUT2D eigenvalue weighted by Gasteiger charge is 2.16. The van der Waals surface area contributed by atoms with Crippen molar-refractivity contribution in [2.45, 2.75) is 30.7 Å². The molecule has 1 aromatic carbocycles. The van der Waals surface area contributed by atoms with Gasteiger partial charge in [-0.1, -0.05) is 13.3 Å². The van der Waals surface area contributed by atoms with Gasteiger partial charge in [0.15, 0.2) is 0 Å². The van der Waals surface area contributed by atoms with E-state index in [0.29, 0.717) is 6.61 Å². The van der Waals surface area contributed by atoms with E-state index >= 15 is 0 Å². The normalized spacial score (nSPS) is 13.2. The van der Waals surface area contributed by atoms with E-state index in [-0.39, 0.29) is 16.6 Å². The summed E-state index contributed by atoms with van der Waals surface area (Å²) < 4.78 is 30.9. The van der Waals surface area contributed by atoms with E-state index in [1.165, 1.54) is 13.1 Å². The van der Waals surface area contributed by atoms with Crippen LogP contribution in [-0.2, 0) is 14.8 Å². The van der Waals surface area contributed by atoms with Gasteiger partial charge in [-0.3, -0.25) is 0 Å². The van der Waals surface area contributed by atoms with Crippen LogP contribution in [0.5, 0.6) is 0 Å². The third-order valence-electron chi connectivity index (χ3n) is 2.94. The van der Waals surface area contributed by atoms with Crippen molar-refractivity contribution in [1.82, 2.24) is 4.72 Å². The lowest BCUT2D eigenvalue weighted by atomic mass is 10.1. The van der Waals surface area contributed by atoms with Gasteiger partial charge in [-0.25, -0.2) is 13.1 Å². The van der Waals surface area contributed by atoms with E-state index < -0.39 is 10.0 Å². The third kappa shape index (κ3) is 4.36. The number of nitrogen functional groups attached to an aromatic ring is 1. The van der Waals surface area contributed by atoms with Gasteiger partial charge in [0.1, 0.15) is 4.90 Å². The van der Waals surface area contributed by atoms with Crippen LogP contribution in [0.1, 0.15) is 19.8 Å². The van der Waals surface area contributed by atoms with Crippen LogP contribution in [0.3, 0.4) is 0 Å². The van der Waals surface area contributed by atoms with Crippen molar-refractivity contribution in [3.63, 3.8) is 0 Å². The molecule has 20 heavy (non-hydrogen) atoms. The molecule has 0 aliphatic heterocycles. The zero-order valence-corrected chi connectivity index (χ0v) is 13.0. The zero-order valence-electron chi connectivity index (χ0n) is 12.1. The van der Waals surface area contributed by atoms with Gasteiger partial charge in [-0.2, -0.15) is 0 Å². The van der Waals surface area contributed by atoms with Gasteiger partial charge in [0, 0.05) is 18.8 Å². The van der Waals surface area contributed by atoms with Crippen LogP contribution in [-0.4, -0.2) is 35.2 Å². The van der Waals surface area contributed by atoms with Crippen LogP contribution in [0.4, 0.5) is 11.4 Å². The highest BCUT2D eigenvalue weighted by atomic mass is 32.2. The Balaban J connectivity index is 2.92. The molecule has 1 atom stereocenters. The summed E-state index contributed by atoms with van der Waals surface area (Å²) in [6, 6.07) is 5.01. The minimum absolute atomic E-state index is 0.0873. The molecule has 0 aromatic heterocycles. The highest BCUT2D eigenvalue weighted by Crippen LogP contribution is 2.23. The fourth-order valence-corrected chi connectivity index (χ4v) is 2.81. The Morgan fingerprint density at radius 2 is 2.10 bits per heavy atom. The molecule has 114 valence electrons. The van der Waals surface area contributed by atoms with Gasteiger partial charge in [0.2, 0.25) is 10.0 Å². The smallest absolute Gasteiger partial charge is 0.242 e. The molecule has 6 nitrogen and oxygen atoms in total. The number of nitrogens with two attached hydrogens (primary N) is 1. The number of ether oxygens (including phenoxy) is 1. The van der Waals surface area contributed by atoms with Gasteiger partial charge in [0.25, 0.3) is 0 Å². The Bertz CT molecular complexity index is 526. The maximum atomic E-state index is 11.7. The SMILES string of the molecule is CCCC(COC)Nc1ccc(S(=O)(=O)NC)c(N)c1. The standard InChI is InChI=1S/C13H23N3O3S/c1-4-5-11(9-19-3)16-10-6-7-13(12(14)8-10)20(17,18)15-2/h6-8,11,15-16H,4-5,9,14H2,1-3H3. The lowest BCUT2D eigenvalue weighted by Crippen LogP contribution is -2.25. The van der Waals surface area contributed by atoms with Crippen LogP contribution in [0.2, 0.25) is 0 Å². The first-order chi connectivity index (χ1) is 9.44. The molecule has 7 heteroatoms. The minimum Gasteiger partial charge on any atom is -0.398 e. The Morgan fingerprint density at radius 3 is 2.60 bits per heavy atom. The Kier molecular flexibility index (Phi) is 6.25. The molecule has 0 spiro atoms. The number of nitrogens with one attached hydrogen (secondary N) is 2. The summed E-state index contributed by atoms with van der Waals surface area (Å²) in [5.41, 5.74) is 6.82. The maximum Gasteiger partial charge on any atom is 0.242 e. The second-order valence-electron chi connectivity index (χ2n) is 4.55. The van der Waals surface area contributed by atoms with E-state index in [0.717, 1.165) is 18.5 Å². The Labute approximate surface area is 120 Å². The van der Waals surface area contributed by atoms with Crippen molar-refractivity contribution < 1.29 is 13.2 Å². The average Bonchev–Trinajstić information content (AvgIpc) is 2.39. The van der Waals surface area contributed by atoms with Crippen LogP contribution in [0, 0.1) is 0 Å². The summed E-state index contributed by atoms with van der Waals surface area (Å²) >= 11 is 0. The Morgan fingerprint density at radius 1 is 1.40 bits per heavy atom. The fraction of sp³-hybridized carbons (Fsp3) is 0.538. The topological polar surface area (TPSA) is 93.4 Å². The molecule has 0 radical (unpaired) electrons. The molecule has 0 saturated heterocycles. The molecular formula is C13H23N3O3S. The minimum atomic E-state index is -3.52. The van der Waals surface area contributed by atoms with Crippen molar-refractivity contribution >= 4 is 21.4 Å². The summed E-state index contributed by atoms with van der Waals surface area (Å²) in [5, 5.41) is 3.30. The van der Waals surface area contributed by atoms with Crippen molar-refractivity contribution in [3.05, 3.63) is 18.2 Å². The number of benzene rings is 1. The molecule has 0 aliphatic carbocycles. The molecule has 1 unspecified atom stereocenters. The summed E-state index contributed by atoms with van der Waals surface area (Å²) in [6.07, 6.45) is 1.99. The zero-order chi connectivity index (χ0) is 15.2. The lowest BCUT2D eigenvalue weighted by Gasteiger charge is -2.19. The van der Waals surface area contributed by atoms with Crippen LogP contribution >= 0.6 is 0 Å². The Hall–Kier alpha value is -1.31. The van der Waals surface area contributed by atoms with E-state index in [9.17, 15) is 8.42 Å². The summed E-state index contributed by atoms with van der Waals surface area (Å²) in [7, 11) is -0.510. The van der Waals surface area contributed by atoms with Crippen LogP contribution < -0.4 is 15.8 Å². The molecule has 1 rings (SSSR count). The number of anilines is 2. The molecule has 0 heterocycles. The van der Waals surface area contributed by atoms with Crippen molar-refractivity contribution in [2.24, 2.45) is 0 Å². The van der Waals surface area contributed by atoms with Gasteiger partial charge in [-0.15, -0.1) is 0 Å². The molecule has 4 N–H and O–H groups in total. The summed E-state index contributed by atoms with van der Waals surface area (Å²) in [6.45, 7) is 2.69. The lowest BCUT2D eigenvalue weighted by molar-refractivity contribution is 0.182.